The maximum absolute atomic E-state index is 11.3. The molecule has 1 atom stereocenters. The molecule has 5 nitrogen and oxygen atoms in total. The first-order valence-electron chi connectivity index (χ1n) is 6.95. The van der Waals surface area contributed by atoms with E-state index in [2.05, 4.69) is 17.6 Å². The molecule has 1 aromatic carbocycles. The first-order valence-corrected chi connectivity index (χ1v) is 6.95. The molecule has 2 rings (SSSR count). The first-order chi connectivity index (χ1) is 9.58. The summed E-state index contributed by atoms with van der Waals surface area (Å²) < 4.78 is 0. The molecule has 1 aliphatic heterocycles. The van der Waals surface area contributed by atoms with E-state index < -0.39 is 5.97 Å². The number of hydrogen-bond acceptors (Lipinski definition) is 3. The van der Waals surface area contributed by atoms with Gasteiger partial charge in [-0.1, -0.05) is 19.1 Å². The van der Waals surface area contributed by atoms with E-state index in [1.165, 1.54) is 0 Å². The van der Waals surface area contributed by atoms with Gasteiger partial charge in [0, 0.05) is 11.7 Å². The molecule has 5 heteroatoms. The minimum Gasteiger partial charge on any atom is -0.481 e. The second kappa shape index (κ2) is 6.52. The number of aliphatic carboxylic acids is 1. The molecule has 1 heterocycles. The molecule has 0 saturated carbocycles. The molecule has 0 bridgehead atoms. The summed E-state index contributed by atoms with van der Waals surface area (Å²) in [4.78, 5) is 22.2. The predicted molar refractivity (Wildman–Crippen MR) is 76.8 cm³/mol. The molecule has 20 heavy (non-hydrogen) atoms. The number of anilines is 1. The molecule has 1 aromatic rings. The maximum Gasteiger partial charge on any atom is 0.304 e. The van der Waals surface area contributed by atoms with Crippen molar-refractivity contribution >= 4 is 17.6 Å². The van der Waals surface area contributed by atoms with Gasteiger partial charge in [0.2, 0.25) is 5.91 Å². The molecule has 1 amide bonds. The van der Waals surface area contributed by atoms with Crippen molar-refractivity contribution in [2.24, 2.45) is 0 Å². The topological polar surface area (TPSA) is 78.4 Å². The zero-order valence-electron chi connectivity index (χ0n) is 11.6. The van der Waals surface area contributed by atoms with E-state index in [4.69, 9.17) is 5.11 Å². The zero-order valence-corrected chi connectivity index (χ0v) is 11.6. The highest BCUT2D eigenvalue weighted by molar-refractivity contribution is 5.99. The largest absolute Gasteiger partial charge is 0.481 e. The van der Waals surface area contributed by atoms with Crippen LogP contribution in [0.3, 0.4) is 0 Å². The van der Waals surface area contributed by atoms with Crippen LogP contribution in [0.4, 0.5) is 5.69 Å². The molecular formula is C15H20N2O3. The van der Waals surface area contributed by atoms with Gasteiger partial charge in [-0.05, 0) is 36.6 Å². The van der Waals surface area contributed by atoms with E-state index in [0.717, 1.165) is 29.8 Å². The molecular weight excluding hydrogens is 256 g/mol. The van der Waals surface area contributed by atoms with E-state index in [0.29, 0.717) is 12.8 Å². The van der Waals surface area contributed by atoms with Crippen LogP contribution < -0.4 is 10.6 Å². The van der Waals surface area contributed by atoms with Crippen molar-refractivity contribution in [3.05, 3.63) is 29.3 Å². The van der Waals surface area contributed by atoms with Gasteiger partial charge in [0.05, 0.1) is 12.8 Å². The minimum absolute atomic E-state index is 0.0170. The summed E-state index contributed by atoms with van der Waals surface area (Å²) in [6.07, 6.45) is 2.15. The highest BCUT2D eigenvalue weighted by atomic mass is 16.4. The molecule has 0 aliphatic carbocycles. The number of hydrogen-bond donors (Lipinski definition) is 3. The van der Waals surface area contributed by atoms with Crippen molar-refractivity contribution in [1.82, 2.24) is 5.32 Å². The third kappa shape index (κ3) is 3.81. The number of carbonyl (C=O) groups excluding carboxylic acids is 1. The Hall–Kier alpha value is -1.88. The average molecular weight is 276 g/mol. The first kappa shape index (κ1) is 14.5. The summed E-state index contributed by atoms with van der Waals surface area (Å²) >= 11 is 0. The lowest BCUT2D eigenvalue weighted by Crippen LogP contribution is -2.34. The van der Waals surface area contributed by atoms with Gasteiger partial charge in [-0.3, -0.25) is 9.59 Å². The Kier molecular flexibility index (Phi) is 4.74. The number of fused-ring (bicyclic) bond motifs is 1. The number of carbonyl (C=O) groups is 2. The minimum atomic E-state index is -0.795. The van der Waals surface area contributed by atoms with E-state index >= 15 is 0 Å². The molecule has 0 radical (unpaired) electrons. The summed E-state index contributed by atoms with van der Waals surface area (Å²) in [7, 11) is 0. The Morgan fingerprint density at radius 3 is 3.00 bits per heavy atom. The Balaban J connectivity index is 2.04. The number of amides is 1. The van der Waals surface area contributed by atoms with Gasteiger partial charge >= 0.3 is 5.97 Å². The second-order valence-corrected chi connectivity index (χ2v) is 5.17. The standard InChI is InChI=1S/C15H20N2O3/c1-2-5-16-12(9-15(19)20)7-10-3-4-13-11(6-10)8-14(18)17-13/h3-4,6,12,16H,2,5,7-9H2,1H3,(H,17,18)(H,19,20). The Labute approximate surface area is 118 Å². The van der Waals surface area contributed by atoms with Crippen molar-refractivity contribution in [2.45, 2.75) is 38.6 Å². The van der Waals surface area contributed by atoms with Crippen LogP contribution in [0.2, 0.25) is 0 Å². The van der Waals surface area contributed by atoms with Gasteiger partial charge in [-0.25, -0.2) is 0 Å². The van der Waals surface area contributed by atoms with Crippen LogP contribution >= 0.6 is 0 Å². The Morgan fingerprint density at radius 1 is 1.50 bits per heavy atom. The van der Waals surface area contributed by atoms with Gasteiger partial charge < -0.3 is 15.7 Å². The third-order valence-electron chi connectivity index (χ3n) is 3.38. The van der Waals surface area contributed by atoms with Crippen LogP contribution in [-0.2, 0) is 22.4 Å². The summed E-state index contributed by atoms with van der Waals surface area (Å²) in [6.45, 7) is 2.86. The number of nitrogens with one attached hydrogen (secondary N) is 2. The lowest BCUT2D eigenvalue weighted by atomic mass is 10.00. The summed E-state index contributed by atoms with van der Waals surface area (Å²) in [5.74, 6) is -0.778. The summed E-state index contributed by atoms with van der Waals surface area (Å²) in [6, 6.07) is 5.77. The lowest BCUT2D eigenvalue weighted by molar-refractivity contribution is -0.137. The van der Waals surface area contributed by atoms with Gasteiger partial charge in [0.25, 0.3) is 0 Å². The van der Waals surface area contributed by atoms with Crippen molar-refractivity contribution in [3.63, 3.8) is 0 Å². The molecule has 0 spiro atoms. The smallest absolute Gasteiger partial charge is 0.304 e. The fourth-order valence-corrected chi connectivity index (χ4v) is 2.47. The van der Waals surface area contributed by atoms with E-state index in [1.54, 1.807) is 0 Å². The molecule has 0 aromatic heterocycles. The van der Waals surface area contributed by atoms with Crippen LogP contribution in [0.25, 0.3) is 0 Å². The van der Waals surface area contributed by atoms with Crippen LogP contribution in [0, 0.1) is 0 Å². The SMILES string of the molecule is CCCNC(CC(=O)O)Cc1ccc2c(c1)CC(=O)N2. The van der Waals surface area contributed by atoms with Gasteiger partial charge in [-0.2, -0.15) is 0 Å². The number of benzene rings is 1. The van der Waals surface area contributed by atoms with Gasteiger partial charge in [0.1, 0.15) is 0 Å². The number of carboxylic acid groups (broad SMARTS) is 1. The normalized spacial score (nSPS) is 14.8. The monoisotopic (exact) mass is 276 g/mol. The van der Waals surface area contributed by atoms with Crippen LogP contribution in [0.1, 0.15) is 30.9 Å². The van der Waals surface area contributed by atoms with E-state index in [1.807, 2.05) is 18.2 Å². The molecule has 108 valence electrons. The van der Waals surface area contributed by atoms with Crippen molar-refractivity contribution in [3.8, 4) is 0 Å². The molecule has 0 fully saturated rings. The average Bonchev–Trinajstić information content (AvgIpc) is 2.74. The van der Waals surface area contributed by atoms with Crippen LogP contribution in [0.15, 0.2) is 18.2 Å². The van der Waals surface area contributed by atoms with Crippen LogP contribution in [0.5, 0.6) is 0 Å². The maximum atomic E-state index is 11.3. The molecule has 0 saturated heterocycles. The Bertz CT molecular complexity index is 514. The fraction of sp³-hybridized carbons (Fsp3) is 0.467. The predicted octanol–water partition coefficient (Wildman–Crippen LogP) is 1.57. The number of rotatable bonds is 7. The third-order valence-corrected chi connectivity index (χ3v) is 3.38. The van der Waals surface area contributed by atoms with Crippen molar-refractivity contribution in [1.29, 1.82) is 0 Å². The molecule has 3 N–H and O–H groups in total. The molecule has 1 unspecified atom stereocenters. The molecule has 1 aliphatic rings. The van der Waals surface area contributed by atoms with Gasteiger partial charge in [-0.15, -0.1) is 0 Å². The zero-order chi connectivity index (χ0) is 14.5. The lowest BCUT2D eigenvalue weighted by Gasteiger charge is -2.17. The van der Waals surface area contributed by atoms with Crippen LogP contribution in [-0.4, -0.2) is 29.6 Å². The Morgan fingerprint density at radius 2 is 2.30 bits per heavy atom. The van der Waals surface area contributed by atoms with Crippen molar-refractivity contribution in [2.75, 3.05) is 11.9 Å². The van der Waals surface area contributed by atoms with E-state index in [9.17, 15) is 9.59 Å². The van der Waals surface area contributed by atoms with Crippen molar-refractivity contribution < 1.29 is 14.7 Å². The summed E-state index contributed by atoms with van der Waals surface area (Å²) in [5.41, 5.74) is 2.93. The second-order valence-electron chi connectivity index (χ2n) is 5.17. The fourth-order valence-electron chi connectivity index (χ4n) is 2.47. The highest BCUT2D eigenvalue weighted by Gasteiger charge is 2.19. The highest BCUT2D eigenvalue weighted by Crippen LogP contribution is 2.24. The van der Waals surface area contributed by atoms with E-state index in [-0.39, 0.29) is 18.4 Å². The summed E-state index contributed by atoms with van der Waals surface area (Å²) in [5, 5.41) is 15.0. The number of carboxylic acids is 1. The van der Waals surface area contributed by atoms with Gasteiger partial charge in [0.15, 0.2) is 0 Å². The quantitative estimate of drug-likeness (QED) is 0.706.